The Bertz CT molecular complexity index is 1430. The van der Waals surface area contributed by atoms with Crippen LogP contribution in [0.3, 0.4) is 0 Å². The molecule has 0 aliphatic rings. The summed E-state index contributed by atoms with van der Waals surface area (Å²) in [5.74, 6) is -0.475. The third-order valence-electron chi connectivity index (χ3n) is 5.04. The Labute approximate surface area is 188 Å². The van der Waals surface area contributed by atoms with E-state index in [1.807, 2.05) is 30.3 Å². The van der Waals surface area contributed by atoms with E-state index >= 15 is 0 Å². The van der Waals surface area contributed by atoms with Gasteiger partial charge in [-0.05, 0) is 42.0 Å². The summed E-state index contributed by atoms with van der Waals surface area (Å²) in [4.78, 5) is 29.4. The van der Waals surface area contributed by atoms with E-state index in [1.54, 1.807) is 53.3 Å². The van der Waals surface area contributed by atoms with E-state index in [1.165, 1.54) is 12.5 Å². The fraction of sp³-hybridized carbons (Fsp3) is 0.0400. The van der Waals surface area contributed by atoms with Crippen molar-refractivity contribution in [2.45, 2.75) is 6.54 Å². The smallest absolute Gasteiger partial charge is 0.291 e. The molecule has 0 atom stereocenters. The lowest BCUT2D eigenvalue weighted by molar-refractivity contribution is 0.0995. The monoisotopic (exact) mass is 437 g/mol. The molecule has 0 fully saturated rings. The van der Waals surface area contributed by atoms with Crippen molar-refractivity contribution in [2.24, 2.45) is 0 Å². The number of anilines is 2. The number of carbonyl (C=O) groups is 2. The van der Waals surface area contributed by atoms with Crippen LogP contribution in [0.2, 0.25) is 0 Å². The number of fused-ring (bicyclic) bond motifs is 1. The molecule has 8 heteroatoms. The quantitative estimate of drug-likeness (QED) is 0.405. The largest absolute Gasteiger partial charge is 0.459 e. The van der Waals surface area contributed by atoms with Gasteiger partial charge in [-0.25, -0.2) is 9.67 Å². The highest BCUT2D eigenvalue weighted by Gasteiger charge is 2.13. The maximum Gasteiger partial charge on any atom is 0.291 e. The van der Waals surface area contributed by atoms with Gasteiger partial charge in [0.25, 0.3) is 11.8 Å². The van der Waals surface area contributed by atoms with Crippen LogP contribution < -0.4 is 10.6 Å². The molecule has 0 radical (unpaired) electrons. The van der Waals surface area contributed by atoms with Gasteiger partial charge in [0.1, 0.15) is 0 Å². The first-order valence-corrected chi connectivity index (χ1v) is 10.3. The Morgan fingerprint density at radius 1 is 0.848 bits per heavy atom. The van der Waals surface area contributed by atoms with Crippen LogP contribution >= 0.6 is 0 Å². The van der Waals surface area contributed by atoms with E-state index in [4.69, 9.17) is 4.42 Å². The van der Waals surface area contributed by atoms with Crippen molar-refractivity contribution in [3.05, 3.63) is 108 Å². The molecule has 5 aromatic rings. The summed E-state index contributed by atoms with van der Waals surface area (Å²) in [5, 5.41) is 10.8. The van der Waals surface area contributed by atoms with Crippen LogP contribution in [0.1, 0.15) is 26.5 Å². The molecule has 2 aromatic carbocycles. The van der Waals surface area contributed by atoms with Crippen LogP contribution in [-0.4, -0.2) is 26.6 Å². The first kappa shape index (κ1) is 20.2. The van der Waals surface area contributed by atoms with Crippen LogP contribution in [0.15, 0.2) is 95.9 Å². The molecule has 0 bridgehead atoms. The predicted molar refractivity (Wildman–Crippen MR) is 124 cm³/mol. The zero-order chi connectivity index (χ0) is 22.6. The van der Waals surface area contributed by atoms with E-state index in [2.05, 4.69) is 20.7 Å². The minimum Gasteiger partial charge on any atom is -0.459 e. The molecule has 0 spiro atoms. The second-order valence-electron chi connectivity index (χ2n) is 7.39. The number of hydrogen-bond acceptors (Lipinski definition) is 5. The lowest BCUT2D eigenvalue weighted by Crippen LogP contribution is -2.14. The number of amides is 2. The molecule has 0 saturated heterocycles. The summed E-state index contributed by atoms with van der Waals surface area (Å²) in [6.07, 6.45) is 4.66. The zero-order valence-corrected chi connectivity index (χ0v) is 17.4. The minimum atomic E-state index is -0.370. The molecule has 2 N–H and O–H groups in total. The van der Waals surface area contributed by atoms with Gasteiger partial charge < -0.3 is 15.1 Å². The van der Waals surface area contributed by atoms with Gasteiger partial charge in [-0.1, -0.05) is 36.4 Å². The third-order valence-corrected chi connectivity index (χ3v) is 5.04. The molecular formula is C25H19N5O3. The summed E-state index contributed by atoms with van der Waals surface area (Å²) in [7, 11) is 0. The second kappa shape index (κ2) is 8.80. The maximum absolute atomic E-state index is 12.8. The van der Waals surface area contributed by atoms with Gasteiger partial charge in [0, 0.05) is 23.0 Å². The predicted octanol–water partition coefficient (Wildman–Crippen LogP) is 4.58. The van der Waals surface area contributed by atoms with E-state index in [-0.39, 0.29) is 17.6 Å². The molecule has 0 aliphatic heterocycles. The minimum absolute atomic E-state index is 0.205. The number of furan rings is 1. The zero-order valence-electron chi connectivity index (χ0n) is 17.4. The second-order valence-corrected chi connectivity index (χ2v) is 7.39. The van der Waals surface area contributed by atoms with Gasteiger partial charge in [0.2, 0.25) is 0 Å². The number of nitrogens with zero attached hydrogens (tertiary/aromatic N) is 3. The fourth-order valence-corrected chi connectivity index (χ4v) is 3.45. The van der Waals surface area contributed by atoms with E-state index < -0.39 is 0 Å². The average molecular weight is 437 g/mol. The van der Waals surface area contributed by atoms with Crippen molar-refractivity contribution >= 4 is 34.2 Å². The average Bonchev–Trinajstić information content (AvgIpc) is 3.50. The summed E-state index contributed by atoms with van der Waals surface area (Å²) >= 11 is 0. The van der Waals surface area contributed by atoms with Crippen LogP contribution in [0.5, 0.6) is 0 Å². The topological polar surface area (TPSA) is 102 Å². The SMILES string of the molecule is O=C(Nc1cccc(NC(=O)c2ccco2)c1)c1cnc2c(cnn2Cc2ccccc2)c1. The van der Waals surface area contributed by atoms with Crippen molar-refractivity contribution in [3.8, 4) is 0 Å². The van der Waals surface area contributed by atoms with E-state index in [0.29, 0.717) is 29.1 Å². The summed E-state index contributed by atoms with van der Waals surface area (Å²) in [5.41, 5.74) is 3.30. The Hall–Kier alpha value is -4.72. The van der Waals surface area contributed by atoms with Crippen LogP contribution in [-0.2, 0) is 6.54 Å². The van der Waals surface area contributed by atoms with Gasteiger partial charge in [-0.15, -0.1) is 0 Å². The van der Waals surface area contributed by atoms with Gasteiger partial charge in [0.15, 0.2) is 11.4 Å². The molecule has 0 aliphatic carbocycles. The lowest BCUT2D eigenvalue weighted by atomic mass is 10.2. The molecule has 0 saturated carbocycles. The van der Waals surface area contributed by atoms with Crippen LogP contribution in [0, 0.1) is 0 Å². The Morgan fingerprint density at radius 2 is 1.64 bits per heavy atom. The first-order chi connectivity index (χ1) is 16.2. The standard InChI is InChI=1S/C25H19N5O3/c31-24(28-20-8-4-9-21(13-20)29-25(32)22-10-5-11-33-22)19-12-18-15-27-30(23(18)26-14-19)16-17-6-2-1-3-7-17/h1-15H,16H2,(H,28,31)(H,29,32). The number of benzene rings is 2. The summed E-state index contributed by atoms with van der Waals surface area (Å²) < 4.78 is 6.90. The molecule has 162 valence electrons. The number of hydrogen-bond donors (Lipinski definition) is 2. The van der Waals surface area contributed by atoms with Crippen molar-refractivity contribution < 1.29 is 14.0 Å². The van der Waals surface area contributed by atoms with Crippen LogP contribution in [0.4, 0.5) is 11.4 Å². The molecule has 3 aromatic heterocycles. The fourth-order valence-electron chi connectivity index (χ4n) is 3.45. The number of carbonyl (C=O) groups excluding carboxylic acids is 2. The van der Waals surface area contributed by atoms with E-state index in [9.17, 15) is 9.59 Å². The van der Waals surface area contributed by atoms with Gasteiger partial charge >= 0.3 is 0 Å². The third kappa shape index (κ3) is 4.49. The van der Waals surface area contributed by atoms with Crippen molar-refractivity contribution in [2.75, 3.05) is 10.6 Å². The van der Waals surface area contributed by atoms with Gasteiger partial charge in [-0.3, -0.25) is 9.59 Å². The number of nitrogens with one attached hydrogen (secondary N) is 2. The Morgan fingerprint density at radius 3 is 2.39 bits per heavy atom. The molecule has 5 rings (SSSR count). The summed E-state index contributed by atoms with van der Waals surface area (Å²) in [6.45, 7) is 0.597. The van der Waals surface area contributed by atoms with Gasteiger partial charge in [-0.2, -0.15) is 5.10 Å². The summed E-state index contributed by atoms with van der Waals surface area (Å²) in [6, 6.07) is 21.8. The van der Waals surface area contributed by atoms with E-state index in [0.717, 1.165) is 10.9 Å². The molecule has 0 unspecified atom stereocenters. The normalized spacial score (nSPS) is 10.8. The highest BCUT2D eigenvalue weighted by atomic mass is 16.3. The van der Waals surface area contributed by atoms with Gasteiger partial charge in [0.05, 0.1) is 24.6 Å². The van der Waals surface area contributed by atoms with Crippen LogP contribution in [0.25, 0.3) is 11.0 Å². The Balaban J connectivity index is 1.29. The van der Waals surface area contributed by atoms with Crippen molar-refractivity contribution in [1.29, 1.82) is 0 Å². The molecular weight excluding hydrogens is 418 g/mol. The van der Waals surface area contributed by atoms with Crippen molar-refractivity contribution in [3.63, 3.8) is 0 Å². The molecule has 33 heavy (non-hydrogen) atoms. The number of rotatable bonds is 6. The highest BCUT2D eigenvalue weighted by Crippen LogP contribution is 2.19. The molecule has 2 amide bonds. The first-order valence-electron chi connectivity index (χ1n) is 10.3. The molecule has 3 heterocycles. The lowest BCUT2D eigenvalue weighted by Gasteiger charge is -2.08. The number of aromatic nitrogens is 3. The maximum atomic E-state index is 12.8. The number of pyridine rings is 1. The Kier molecular flexibility index (Phi) is 5.38. The molecule has 8 nitrogen and oxygen atoms in total. The van der Waals surface area contributed by atoms with Crippen molar-refractivity contribution in [1.82, 2.24) is 14.8 Å². The highest BCUT2D eigenvalue weighted by molar-refractivity contribution is 6.06.